The number of nitrogens with zero attached hydrogens (tertiary/aromatic N) is 2. The first kappa shape index (κ1) is 14.2. The fraction of sp³-hybridized carbons (Fsp3) is 0.286. The fourth-order valence-corrected chi connectivity index (χ4v) is 1.82. The molecule has 1 aromatic carbocycles. The van der Waals surface area contributed by atoms with E-state index in [1.807, 2.05) is 6.92 Å². The summed E-state index contributed by atoms with van der Waals surface area (Å²) < 4.78 is 27.4. The van der Waals surface area contributed by atoms with Gasteiger partial charge in [-0.15, -0.1) is 0 Å². The van der Waals surface area contributed by atoms with E-state index in [9.17, 15) is 13.6 Å². The summed E-state index contributed by atoms with van der Waals surface area (Å²) in [6.07, 6.45) is 3.99. The summed E-state index contributed by atoms with van der Waals surface area (Å²) in [7, 11) is 0. The van der Waals surface area contributed by atoms with Crippen molar-refractivity contribution in [3.63, 3.8) is 0 Å². The van der Waals surface area contributed by atoms with Crippen LogP contribution in [0.4, 0.5) is 14.6 Å². The Kier molecular flexibility index (Phi) is 4.45. The lowest BCUT2D eigenvalue weighted by atomic mass is 10.2. The molecular formula is C14H15F2N3O. The number of hydrogen-bond donors (Lipinski definition) is 1. The number of anilines is 1. The van der Waals surface area contributed by atoms with E-state index in [4.69, 9.17) is 0 Å². The molecule has 0 radical (unpaired) electrons. The molecule has 106 valence electrons. The van der Waals surface area contributed by atoms with Crippen molar-refractivity contribution in [3.8, 4) is 0 Å². The van der Waals surface area contributed by atoms with Gasteiger partial charge in [-0.25, -0.2) is 13.8 Å². The molecule has 0 unspecified atom stereocenters. The van der Waals surface area contributed by atoms with E-state index in [1.54, 1.807) is 10.8 Å². The van der Waals surface area contributed by atoms with E-state index in [0.717, 1.165) is 18.6 Å². The predicted molar refractivity (Wildman–Crippen MR) is 72.5 cm³/mol. The Balaban J connectivity index is 2.12. The molecule has 6 heteroatoms. The third-order valence-corrected chi connectivity index (χ3v) is 2.82. The molecule has 2 rings (SSSR count). The standard InChI is InChI=1S/C14H15F2N3O/c1-2-6-19-7-5-17-13(14(19)20)18-9-10-3-4-11(15)12(16)8-10/h3-5,7-8H,2,6,9H2,1H3,(H,17,18). The summed E-state index contributed by atoms with van der Waals surface area (Å²) in [4.78, 5) is 16.0. The SMILES string of the molecule is CCCn1ccnc(NCc2ccc(F)c(F)c2)c1=O. The van der Waals surface area contributed by atoms with Crippen molar-refractivity contribution in [1.82, 2.24) is 9.55 Å². The van der Waals surface area contributed by atoms with Crippen LogP contribution in [-0.4, -0.2) is 9.55 Å². The minimum absolute atomic E-state index is 0.200. The number of halogens is 2. The molecule has 0 saturated heterocycles. The third kappa shape index (κ3) is 3.20. The van der Waals surface area contributed by atoms with Crippen LogP contribution in [0.15, 0.2) is 35.4 Å². The molecule has 4 nitrogen and oxygen atoms in total. The molecule has 0 spiro atoms. The zero-order chi connectivity index (χ0) is 14.5. The second kappa shape index (κ2) is 6.27. The average Bonchev–Trinajstić information content (AvgIpc) is 2.44. The first-order valence-corrected chi connectivity index (χ1v) is 6.35. The maximum absolute atomic E-state index is 13.1. The highest BCUT2D eigenvalue weighted by molar-refractivity contribution is 5.33. The molecule has 0 bridgehead atoms. The van der Waals surface area contributed by atoms with Crippen LogP contribution in [0.5, 0.6) is 0 Å². The maximum Gasteiger partial charge on any atom is 0.293 e. The lowest BCUT2D eigenvalue weighted by molar-refractivity contribution is 0.507. The minimum Gasteiger partial charge on any atom is -0.361 e. The van der Waals surface area contributed by atoms with Gasteiger partial charge < -0.3 is 9.88 Å². The number of aromatic nitrogens is 2. The average molecular weight is 279 g/mol. The number of aryl methyl sites for hydroxylation is 1. The summed E-state index contributed by atoms with van der Waals surface area (Å²) in [6.45, 7) is 2.79. The number of hydrogen-bond acceptors (Lipinski definition) is 3. The van der Waals surface area contributed by atoms with Crippen molar-refractivity contribution < 1.29 is 8.78 Å². The van der Waals surface area contributed by atoms with Gasteiger partial charge >= 0.3 is 0 Å². The van der Waals surface area contributed by atoms with Crippen molar-refractivity contribution in [2.45, 2.75) is 26.4 Å². The summed E-state index contributed by atoms with van der Waals surface area (Å²) in [6, 6.07) is 3.61. The van der Waals surface area contributed by atoms with Crippen molar-refractivity contribution in [2.24, 2.45) is 0 Å². The topological polar surface area (TPSA) is 46.9 Å². The van der Waals surface area contributed by atoms with Crippen LogP contribution in [0.1, 0.15) is 18.9 Å². The van der Waals surface area contributed by atoms with Gasteiger partial charge in [0.15, 0.2) is 17.5 Å². The largest absolute Gasteiger partial charge is 0.361 e. The van der Waals surface area contributed by atoms with Crippen LogP contribution in [0, 0.1) is 11.6 Å². The molecule has 20 heavy (non-hydrogen) atoms. The first-order valence-electron chi connectivity index (χ1n) is 6.35. The van der Waals surface area contributed by atoms with Crippen LogP contribution in [0.3, 0.4) is 0 Å². The monoisotopic (exact) mass is 279 g/mol. The summed E-state index contributed by atoms with van der Waals surface area (Å²) in [5.41, 5.74) is 0.313. The van der Waals surface area contributed by atoms with Gasteiger partial charge in [0.25, 0.3) is 5.56 Å². The first-order chi connectivity index (χ1) is 9.61. The maximum atomic E-state index is 13.1. The number of benzene rings is 1. The van der Waals surface area contributed by atoms with E-state index in [1.165, 1.54) is 12.3 Å². The lowest BCUT2D eigenvalue weighted by Crippen LogP contribution is -2.24. The van der Waals surface area contributed by atoms with Crippen LogP contribution in [-0.2, 0) is 13.1 Å². The molecule has 0 aliphatic rings. The van der Waals surface area contributed by atoms with Crippen molar-refractivity contribution in [3.05, 3.63) is 58.1 Å². The molecule has 2 aromatic rings. The van der Waals surface area contributed by atoms with Crippen LogP contribution in [0.25, 0.3) is 0 Å². The Labute approximate surface area is 115 Å². The quantitative estimate of drug-likeness (QED) is 0.915. The fourth-order valence-electron chi connectivity index (χ4n) is 1.82. The highest BCUT2D eigenvalue weighted by atomic mass is 19.2. The number of nitrogens with one attached hydrogen (secondary N) is 1. The van der Waals surface area contributed by atoms with Crippen LogP contribution in [0.2, 0.25) is 0 Å². The van der Waals surface area contributed by atoms with Crippen molar-refractivity contribution >= 4 is 5.82 Å². The van der Waals surface area contributed by atoms with Crippen LogP contribution >= 0.6 is 0 Å². The predicted octanol–water partition coefficient (Wildman–Crippen LogP) is 2.54. The molecule has 1 aromatic heterocycles. The second-order valence-corrected chi connectivity index (χ2v) is 4.38. The Hall–Kier alpha value is -2.24. The molecule has 1 heterocycles. The van der Waals surface area contributed by atoms with Gasteiger partial charge in [-0.1, -0.05) is 13.0 Å². The zero-order valence-electron chi connectivity index (χ0n) is 11.1. The molecule has 0 fully saturated rings. The molecule has 1 N–H and O–H groups in total. The van der Waals surface area contributed by atoms with Gasteiger partial charge in [-0.2, -0.15) is 0 Å². The van der Waals surface area contributed by atoms with E-state index < -0.39 is 11.6 Å². The molecule has 0 amide bonds. The Morgan fingerprint density at radius 1 is 1.30 bits per heavy atom. The smallest absolute Gasteiger partial charge is 0.293 e. The second-order valence-electron chi connectivity index (χ2n) is 4.38. The van der Waals surface area contributed by atoms with Gasteiger partial charge in [0.2, 0.25) is 0 Å². The van der Waals surface area contributed by atoms with Gasteiger partial charge in [-0.3, -0.25) is 4.79 Å². The number of rotatable bonds is 5. The molecular weight excluding hydrogens is 264 g/mol. The summed E-state index contributed by atoms with van der Waals surface area (Å²) in [5.74, 6) is -1.60. The Bertz CT molecular complexity index is 655. The molecule has 0 aliphatic carbocycles. The molecule has 0 saturated carbocycles. The normalized spacial score (nSPS) is 10.6. The summed E-state index contributed by atoms with van der Waals surface area (Å²) >= 11 is 0. The molecule has 0 atom stereocenters. The lowest BCUT2D eigenvalue weighted by Gasteiger charge is -2.08. The summed E-state index contributed by atoms with van der Waals surface area (Å²) in [5, 5.41) is 2.84. The van der Waals surface area contributed by atoms with Gasteiger partial charge in [-0.05, 0) is 24.1 Å². The Morgan fingerprint density at radius 3 is 2.80 bits per heavy atom. The minimum atomic E-state index is -0.909. The highest BCUT2D eigenvalue weighted by Gasteiger charge is 2.06. The highest BCUT2D eigenvalue weighted by Crippen LogP contribution is 2.09. The van der Waals surface area contributed by atoms with Crippen molar-refractivity contribution in [1.29, 1.82) is 0 Å². The van der Waals surface area contributed by atoms with E-state index in [-0.39, 0.29) is 17.9 Å². The molecule has 0 aliphatic heterocycles. The zero-order valence-corrected chi connectivity index (χ0v) is 11.1. The van der Waals surface area contributed by atoms with E-state index in [2.05, 4.69) is 10.3 Å². The van der Waals surface area contributed by atoms with Gasteiger partial charge in [0.05, 0.1) is 0 Å². The van der Waals surface area contributed by atoms with E-state index >= 15 is 0 Å². The van der Waals surface area contributed by atoms with Gasteiger partial charge in [0.1, 0.15) is 0 Å². The third-order valence-electron chi connectivity index (χ3n) is 2.82. The van der Waals surface area contributed by atoms with E-state index in [0.29, 0.717) is 12.1 Å². The van der Waals surface area contributed by atoms with Gasteiger partial charge in [0, 0.05) is 25.5 Å². The van der Waals surface area contributed by atoms with Crippen molar-refractivity contribution in [2.75, 3.05) is 5.32 Å². The van der Waals surface area contributed by atoms with Crippen LogP contribution < -0.4 is 10.9 Å². The Morgan fingerprint density at radius 2 is 2.10 bits per heavy atom.